The van der Waals surface area contributed by atoms with E-state index in [4.69, 9.17) is 16.3 Å². The Hall–Kier alpha value is -1.35. The van der Waals surface area contributed by atoms with Gasteiger partial charge in [0.2, 0.25) is 0 Å². The van der Waals surface area contributed by atoms with Gasteiger partial charge in [-0.2, -0.15) is 0 Å². The summed E-state index contributed by atoms with van der Waals surface area (Å²) >= 11 is 4.97. The van der Waals surface area contributed by atoms with Crippen molar-refractivity contribution in [3.05, 3.63) is 35.4 Å². The fourth-order valence-electron chi connectivity index (χ4n) is 1.31. The highest BCUT2D eigenvalue weighted by atomic mass is 35.5. The highest BCUT2D eigenvalue weighted by Gasteiger charge is 2.14. The zero-order valence-corrected chi connectivity index (χ0v) is 10.9. The SMILES string of the molecule is CC(C)(C)c1ccc(COC(=O)C(=O)Cl)cc1. The van der Waals surface area contributed by atoms with E-state index in [1.54, 1.807) is 0 Å². The molecule has 0 fully saturated rings. The quantitative estimate of drug-likeness (QED) is 0.473. The fraction of sp³-hybridized carbons (Fsp3) is 0.385. The Kier molecular flexibility index (Phi) is 4.29. The van der Waals surface area contributed by atoms with Crippen LogP contribution >= 0.6 is 11.6 Å². The zero-order valence-electron chi connectivity index (χ0n) is 10.1. The molecule has 0 aliphatic carbocycles. The van der Waals surface area contributed by atoms with Crippen molar-refractivity contribution in [3.8, 4) is 0 Å². The van der Waals surface area contributed by atoms with Crippen molar-refractivity contribution >= 4 is 22.8 Å². The van der Waals surface area contributed by atoms with Crippen molar-refractivity contribution in [2.24, 2.45) is 0 Å². The first-order valence-corrected chi connectivity index (χ1v) is 5.64. The molecule has 1 rings (SSSR count). The smallest absolute Gasteiger partial charge is 0.391 e. The van der Waals surface area contributed by atoms with E-state index in [0.717, 1.165) is 5.56 Å². The standard InChI is InChI=1S/C13H15ClO3/c1-13(2,3)10-6-4-9(5-7-10)8-17-12(16)11(14)15/h4-7H,8H2,1-3H3. The zero-order chi connectivity index (χ0) is 13.1. The van der Waals surface area contributed by atoms with Gasteiger partial charge in [0.05, 0.1) is 0 Å². The summed E-state index contributed by atoms with van der Waals surface area (Å²) in [5.41, 5.74) is 2.10. The lowest BCUT2D eigenvalue weighted by Crippen LogP contribution is -2.12. The Morgan fingerprint density at radius 2 is 1.71 bits per heavy atom. The fourth-order valence-corrected chi connectivity index (χ4v) is 1.36. The molecule has 0 saturated heterocycles. The molecule has 17 heavy (non-hydrogen) atoms. The van der Waals surface area contributed by atoms with Gasteiger partial charge in [0, 0.05) is 0 Å². The minimum atomic E-state index is -1.10. The molecule has 0 aliphatic heterocycles. The lowest BCUT2D eigenvalue weighted by atomic mass is 9.87. The van der Waals surface area contributed by atoms with Crippen LogP contribution in [0.25, 0.3) is 0 Å². The van der Waals surface area contributed by atoms with Crippen LogP contribution in [0, 0.1) is 0 Å². The lowest BCUT2D eigenvalue weighted by Gasteiger charge is -2.19. The van der Waals surface area contributed by atoms with E-state index in [9.17, 15) is 9.59 Å². The molecule has 3 nitrogen and oxygen atoms in total. The molecule has 0 unspecified atom stereocenters. The van der Waals surface area contributed by atoms with Crippen LogP contribution in [0.15, 0.2) is 24.3 Å². The molecule has 0 saturated carbocycles. The third-order valence-electron chi connectivity index (χ3n) is 2.35. The molecule has 0 bridgehead atoms. The molecule has 92 valence electrons. The van der Waals surface area contributed by atoms with Gasteiger partial charge in [0.1, 0.15) is 6.61 Å². The highest BCUT2D eigenvalue weighted by Crippen LogP contribution is 2.22. The van der Waals surface area contributed by atoms with Gasteiger partial charge in [0.15, 0.2) is 0 Å². The van der Waals surface area contributed by atoms with Crippen molar-refractivity contribution in [2.45, 2.75) is 32.8 Å². The van der Waals surface area contributed by atoms with E-state index in [1.165, 1.54) is 5.56 Å². The average Bonchev–Trinajstić information content (AvgIpc) is 2.25. The molecule has 0 heterocycles. The number of rotatable bonds is 3. The third kappa shape index (κ3) is 4.19. The normalized spacial score (nSPS) is 11.1. The predicted molar refractivity (Wildman–Crippen MR) is 65.8 cm³/mol. The molecule has 0 spiro atoms. The van der Waals surface area contributed by atoms with E-state index in [2.05, 4.69) is 20.8 Å². The summed E-state index contributed by atoms with van der Waals surface area (Å²) in [6.07, 6.45) is 0. The van der Waals surface area contributed by atoms with Crippen LogP contribution in [-0.2, 0) is 26.3 Å². The number of carbonyl (C=O) groups is 2. The number of carbonyl (C=O) groups excluding carboxylic acids is 2. The number of benzene rings is 1. The van der Waals surface area contributed by atoms with E-state index in [0.29, 0.717) is 0 Å². The summed E-state index contributed by atoms with van der Waals surface area (Å²) in [7, 11) is 0. The second kappa shape index (κ2) is 5.32. The van der Waals surface area contributed by atoms with Crippen molar-refractivity contribution in [1.82, 2.24) is 0 Å². The first kappa shape index (κ1) is 13.7. The van der Waals surface area contributed by atoms with Gasteiger partial charge in [-0.25, -0.2) is 4.79 Å². The maximum absolute atomic E-state index is 10.8. The van der Waals surface area contributed by atoms with Crippen molar-refractivity contribution in [1.29, 1.82) is 0 Å². The summed E-state index contributed by atoms with van der Waals surface area (Å²) in [5, 5.41) is -1.10. The van der Waals surface area contributed by atoms with E-state index < -0.39 is 11.2 Å². The molecule has 1 aromatic carbocycles. The van der Waals surface area contributed by atoms with Crippen LogP contribution in [0.2, 0.25) is 0 Å². The third-order valence-corrected chi connectivity index (χ3v) is 2.50. The topological polar surface area (TPSA) is 43.4 Å². The van der Waals surface area contributed by atoms with Crippen LogP contribution in [0.4, 0.5) is 0 Å². The Bertz CT molecular complexity index is 415. The number of ether oxygens (including phenoxy) is 1. The molecule has 1 aromatic rings. The van der Waals surface area contributed by atoms with Gasteiger partial charge in [-0.05, 0) is 28.1 Å². The number of hydrogen-bond acceptors (Lipinski definition) is 3. The van der Waals surface area contributed by atoms with Crippen LogP contribution in [0.3, 0.4) is 0 Å². The molecule has 0 atom stereocenters. The molecule has 0 aliphatic rings. The Balaban J connectivity index is 2.63. The molecular formula is C13H15ClO3. The lowest BCUT2D eigenvalue weighted by molar-refractivity contribution is -0.151. The monoisotopic (exact) mass is 254 g/mol. The van der Waals surface area contributed by atoms with Crippen LogP contribution < -0.4 is 0 Å². The molecule has 0 amide bonds. The summed E-state index contributed by atoms with van der Waals surface area (Å²) in [6, 6.07) is 7.69. The molecular weight excluding hydrogens is 240 g/mol. The van der Waals surface area contributed by atoms with E-state index in [-0.39, 0.29) is 12.0 Å². The van der Waals surface area contributed by atoms with Gasteiger partial charge in [0.25, 0.3) is 0 Å². The summed E-state index contributed by atoms with van der Waals surface area (Å²) < 4.78 is 4.69. The van der Waals surface area contributed by atoms with Crippen molar-refractivity contribution < 1.29 is 14.3 Å². The minimum Gasteiger partial charge on any atom is -0.454 e. The maximum Gasteiger partial charge on any atom is 0.391 e. The van der Waals surface area contributed by atoms with Crippen LogP contribution in [0.1, 0.15) is 31.9 Å². The van der Waals surface area contributed by atoms with Crippen molar-refractivity contribution in [2.75, 3.05) is 0 Å². The molecule has 4 heteroatoms. The van der Waals surface area contributed by atoms with Crippen LogP contribution in [-0.4, -0.2) is 11.2 Å². The molecule has 0 aromatic heterocycles. The Morgan fingerprint density at radius 3 is 2.12 bits per heavy atom. The van der Waals surface area contributed by atoms with E-state index >= 15 is 0 Å². The van der Waals surface area contributed by atoms with Gasteiger partial charge < -0.3 is 4.74 Å². The van der Waals surface area contributed by atoms with E-state index in [1.807, 2.05) is 24.3 Å². The second-order valence-corrected chi connectivity index (χ2v) is 5.14. The number of halogens is 1. The summed E-state index contributed by atoms with van der Waals surface area (Å²) in [6.45, 7) is 6.41. The maximum atomic E-state index is 10.8. The first-order valence-electron chi connectivity index (χ1n) is 5.26. The van der Waals surface area contributed by atoms with Gasteiger partial charge >= 0.3 is 11.2 Å². The summed E-state index contributed by atoms with van der Waals surface area (Å²) in [4.78, 5) is 21.3. The Labute approximate surface area is 106 Å². The van der Waals surface area contributed by atoms with Crippen LogP contribution in [0.5, 0.6) is 0 Å². The van der Waals surface area contributed by atoms with Gasteiger partial charge in [-0.15, -0.1) is 0 Å². The predicted octanol–water partition coefficient (Wildman–Crippen LogP) is 2.79. The van der Waals surface area contributed by atoms with Gasteiger partial charge in [-0.1, -0.05) is 45.0 Å². The molecule has 0 N–H and O–H groups in total. The second-order valence-electron chi connectivity index (χ2n) is 4.80. The number of esters is 1. The van der Waals surface area contributed by atoms with Gasteiger partial charge in [-0.3, -0.25) is 4.79 Å². The average molecular weight is 255 g/mol. The minimum absolute atomic E-state index is 0.0573. The Morgan fingerprint density at radius 1 is 1.18 bits per heavy atom. The number of hydrogen-bond donors (Lipinski definition) is 0. The first-order chi connectivity index (χ1) is 7.80. The van der Waals surface area contributed by atoms with Crippen molar-refractivity contribution in [3.63, 3.8) is 0 Å². The summed E-state index contributed by atoms with van der Waals surface area (Å²) in [5.74, 6) is -1.02. The molecule has 0 radical (unpaired) electrons. The largest absolute Gasteiger partial charge is 0.454 e. The highest BCUT2D eigenvalue weighted by molar-refractivity contribution is 6.80.